The molecular formula is C11H7Cl2N3O5S2. The minimum Gasteiger partial charge on any atom is -0.300 e. The van der Waals surface area contributed by atoms with Crippen LogP contribution in [-0.2, 0) is 14.6 Å². The number of nitrogens with one attached hydrogen (secondary N) is 1. The molecule has 0 spiro atoms. The van der Waals surface area contributed by atoms with E-state index in [1.54, 1.807) is 0 Å². The van der Waals surface area contributed by atoms with Gasteiger partial charge in [-0.05, 0) is 12.1 Å². The molecule has 1 aromatic carbocycles. The van der Waals surface area contributed by atoms with E-state index in [4.69, 9.17) is 23.2 Å². The van der Waals surface area contributed by atoms with Crippen molar-refractivity contribution in [2.24, 2.45) is 0 Å². The number of nitro groups is 1. The highest BCUT2D eigenvalue weighted by Crippen LogP contribution is 2.29. The van der Waals surface area contributed by atoms with Gasteiger partial charge in [-0.2, -0.15) is 0 Å². The summed E-state index contributed by atoms with van der Waals surface area (Å²) < 4.78 is 24.6. The first-order valence-electron chi connectivity index (χ1n) is 5.76. The average molecular weight is 396 g/mol. The molecule has 0 bridgehead atoms. The number of hydrogen-bond donors (Lipinski definition) is 1. The zero-order valence-electron chi connectivity index (χ0n) is 11.0. The molecule has 122 valence electrons. The molecule has 8 nitrogen and oxygen atoms in total. The number of thiazole rings is 1. The van der Waals surface area contributed by atoms with Crippen molar-refractivity contribution in [1.82, 2.24) is 4.98 Å². The molecule has 1 amide bonds. The number of nitro benzene ring substituents is 1. The van der Waals surface area contributed by atoms with E-state index in [-0.39, 0.29) is 19.9 Å². The molecule has 0 saturated carbocycles. The Bertz CT molecular complexity index is 849. The van der Waals surface area contributed by atoms with Crippen LogP contribution in [0.5, 0.6) is 0 Å². The summed E-state index contributed by atoms with van der Waals surface area (Å²) >= 11 is 11.4. The van der Waals surface area contributed by atoms with Crippen LogP contribution in [0.25, 0.3) is 0 Å². The summed E-state index contributed by atoms with van der Waals surface area (Å²) in [5.74, 6) is -0.734. The van der Waals surface area contributed by atoms with Crippen molar-refractivity contribution in [2.45, 2.75) is 13.9 Å². The number of nitrogens with zero attached hydrogens (tertiary/aromatic N) is 2. The summed E-state index contributed by atoms with van der Waals surface area (Å²) in [5, 5.41) is 12.9. The van der Waals surface area contributed by atoms with Gasteiger partial charge in [0.2, 0.25) is 9.84 Å². The molecule has 0 aliphatic rings. The Morgan fingerprint density at radius 1 is 1.30 bits per heavy atom. The molecule has 12 heteroatoms. The third-order valence-corrected chi connectivity index (χ3v) is 6.08. The van der Waals surface area contributed by atoms with E-state index in [0.717, 1.165) is 30.5 Å². The molecule has 1 heterocycles. The first-order valence-corrected chi connectivity index (χ1v) is 8.93. The number of halogens is 2. The van der Waals surface area contributed by atoms with Crippen molar-refractivity contribution in [2.75, 3.05) is 5.32 Å². The lowest BCUT2D eigenvalue weighted by Gasteiger charge is -2.01. The summed E-state index contributed by atoms with van der Waals surface area (Å²) in [7, 11) is -3.90. The first-order chi connectivity index (χ1) is 10.7. The minimum atomic E-state index is -3.90. The number of carbonyl (C=O) groups excluding carboxylic acids is 1. The highest BCUT2D eigenvalue weighted by Gasteiger charge is 2.23. The van der Waals surface area contributed by atoms with Crippen LogP contribution in [0.2, 0.25) is 0 Å². The number of anilines is 1. The number of carbonyl (C=O) groups is 1. The van der Waals surface area contributed by atoms with Crippen molar-refractivity contribution < 1.29 is 18.1 Å². The van der Waals surface area contributed by atoms with Crippen LogP contribution in [0.1, 0.15) is 0 Å². The maximum atomic E-state index is 12.4. The fourth-order valence-electron chi connectivity index (χ4n) is 1.46. The maximum absolute atomic E-state index is 12.4. The summed E-state index contributed by atoms with van der Waals surface area (Å²) in [5.41, 5.74) is -0.225. The topological polar surface area (TPSA) is 119 Å². The Hall–Kier alpha value is -1.75. The van der Waals surface area contributed by atoms with Gasteiger partial charge in [-0.3, -0.25) is 20.2 Å². The number of alkyl halides is 2. The van der Waals surface area contributed by atoms with E-state index in [0.29, 0.717) is 11.3 Å². The van der Waals surface area contributed by atoms with Gasteiger partial charge in [0.15, 0.2) is 9.97 Å². The normalized spacial score (nSPS) is 11.4. The van der Waals surface area contributed by atoms with Crippen LogP contribution in [0, 0.1) is 10.1 Å². The Morgan fingerprint density at radius 2 is 1.91 bits per heavy atom. The van der Waals surface area contributed by atoms with Gasteiger partial charge in [-0.15, -0.1) is 0 Å². The smallest absolute Gasteiger partial charge is 0.269 e. The summed E-state index contributed by atoms with van der Waals surface area (Å²) in [6.07, 6.45) is 1.06. The molecule has 0 fully saturated rings. The Labute approximate surface area is 144 Å². The molecular weight excluding hydrogens is 389 g/mol. The number of aromatic nitrogens is 1. The largest absolute Gasteiger partial charge is 0.300 e. The molecule has 2 rings (SSSR count). The standard InChI is InChI=1S/C11H7Cl2N3O5S2/c12-9(13)10(17)15-11-14-5-8(22-11)23(20,21)7-3-1-6(2-4-7)16(18)19/h1-5,9H,(H,14,15,17). The number of amides is 1. The molecule has 0 unspecified atom stereocenters. The van der Waals surface area contributed by atoms with E-state index in [1.165, 1.54) is 0 Å². The second kappa shape index (κ2) is 6.79. The fraction of sp³-hybridized carbons (Fsp3) is 0.0909. The number of benzene rings is 1. The highest BCUT2D eigenvalue weighted by atomic mass is 35.5. The second-order valence-electron chi connectivity index (χ2n) is 4.03. The van der Waals surface area contributed by atoms with Crippen LogP contribution in [0.4, 0.5) is 10.8 Å². The second-order valence-corrected chi connectivity index (χ2v) is 8.33. The maximum Gasteiger partial charge on any atom is 0.269 e. The fourth-order valence-corrected chi connectivity index (χ4v) is 4.01. The predicted molar refractivity (Wildman–Crippen MR) is 84.8 cm³/mol. The van der Waals surface area contributed by atoms with Gasteiger partial charge in [0.05, 0.1) is 16.0 Å². The first kappa shape index (κ1) is 17.6. The van der Waals surface area contributed by atoms with E-state index in [1.807, 2.05) is 0 Å². The Kier molecular flexibility index (Phi) is 5.19. The average Bonchev–Trinajstić information content (AvgIpc) is 2.96. The summed E-state index contributed by atoms with van der Waals surface area (Å²) in [6, 6.07) is 4.42. The number of hydrogen-bond acceptors (Lipinski definition) is 7. The molecule has 0 radical (unpaired) electrons. The van der Waals surface area contributed by atoms with Gasteiger partial charge >= 0.3 is 0 Å². The molecule has 1 N–H and O–H groups in total. The van der Waals surface area contributed by atoms with Gasteiger partial charge in [0.1, 0.15) is 4.21 Å². The van der Waals surface area contributed by atoms with E-state index >= 15 is 0 Å². The summed E-state index contributed by atoms with van der Waals surface area (Å²) in [4.78, 5) is 23.6. The van der Waals surface area contributed by atoms with Crippen molar-refractivity contribution >= 4 is 61.1 Å². The van der Waals surface area contributed by atoms with Gasteiger partial charge in [-0.25, -0.2) is 13.4 Å². The summed E-state index contributed by atoms with van der Waals surface area (Å²) in [6.45, 7) is 0. The zero-order chi connectivity index (χ0) is 17.2. The van der Waals surface area contributed by atoms with Crippen molar-refractivity contribution in [3.05, 3.63) is 40.6 Å². The zero-order valence-corrected chi connectivity index (χ0v) is 14.1. The van der Waals surface area contributed by atoms with Gasteiger partial charge < -0.3 is 0 Å². The molecule has 1 aromatic heterocycles. The number of non-ortho nitro benzene ring substituents is 1. The van der Waals surface area contributed by atoms with Crippen LogP contribution in [0.15, 0.2) is 39.6 Å². The van der Waals surface area contributed by atoms with Gasteiger partial charge in [0.25, 0.3) is 11.6 Å². The lowest BCUT2D eigenvalue weighted by Crippen LogP contribution is -2.18. The van der Waals surface area contributed by atoms with Gasteiger partial charge in [0, 0.05) is 12.1 Å². The molecule has 0 atom stereocenters. The van der Waals surface area contributed by atoms with Crippen molar-refractivity contribution in [3.8, 4) is 0 Å². The van der Waals surface area contributed by atoms with E-state index in [2.05, 4.69) is 10.3 Å². The molecule has 0 aliphatic heterocycles. The molecule has 0 saturated heterocycles. The number of rotatable bonds is 5. The lowest BCUT2D eigenvalue weighted by atomic mass is 10.3. The lowest BCUT2D eigenvalue weighted by molar-refractivity contribution is -0.384. The van der Waals surface area contributed by atoms with Gasteiger partial charge in [-0.1, -0.05) is 34.5 Å². The monoisotopic (exact) mass is 395 g/mol. The predicted octanol–water partition coefficient (Wildman–Crippen LogP) is 2.63. The Morgan fingerprint density at radius 3 is 2.43 bits per heavy atom. The van der Waals surface area contributed by atoms with Crippen molar-refractivity contribution in [1.29, 1.82) is 0 Å². The number of sulfone groups is 1. The van der Waals surface area contributed by atoms with Crippen molar-refractivity contribution in [3.63, 3.8) is 0 Å². The van der Waals surface area contributed by atoms with Crippen LogP contribution < -0.4 is 5.32 Å². The van der Waals surface area contributed by atoms with E-state index in [9.17, 15) is 23.3 Å². The third-order valence-electron chi connectivity index (χ3n) is 2.54. The van der Waals surface area contributed by atoms with Crippen LogP contribution in [0.3, 0.4) is 0 Å². The van der Waals surface area contributed by atoms with Crippen LogP contribution in [-0.4, -0.2) is 29.1 Å². The highest BCUT2D eigenvalue weighted by molar-refractivity contribution is 7.93. The minimum absolute atomic E-state index is 0.0155. The molecule has 23 heavy (non-hydrogen) atoms. The molecule has 0 aliphatic carbocycles. The third kappa shape index (κ3) is 3.96. The van der Waals surface area contributed by atoms with Crippen LogP contribution >= 0.6 is 34.5 Å². The molecule has 2 aromatic rings. The Balaban J connectivity index is 2.28. The quantitative estimate of drug-likeness (QED) is 0.471. The van der Waals surface area contributed by atoms with E-state index < -0.39 is 25.5 Å². The SMILES string of the molecule is O=C(Nc1ncc(S(=O)(=O)c2ccc([N+](=O)[O-])cc2)s1)C(Cl)Cl.